The van der Waals surface area contributed by atoms with E-state index in [0.717, 1.165) is 31.2 Å². The molecule has 3 N–H and O–H groups in total. The van der Waals surface area contributed by atoms with E-state index in [-0.39, 0.29) is 5.25 Å². The molecular formula is C12H18N2O2S. The smallest absolute Gasteiger partial charge is 0.235 e. The second-order valence-corrected chi connectivity index (χ2v) is 6.59. The summed E-state index contributed by atoms with van der Waals surface area (Å²) < 4.78 is 26.7. The number of aryl methyl sites for hydroxylation is 1. The van der Waals surface area contributed by atoms with E-state index in [0.29, 0.717) is 11.4 Å². The Balaban J connectivity index is 2.17. The Bertz CT molecular complexity index is 505. The summed E-state index contributed by atoms with van der Waals surface area (Å²) in [5, 5.41) is -0.245. The predicted molar refractivity (Wildman–Crippen MR) is 70.4 cm³/mol. The summed E-state index contributed by atoms with van der Waals surface area (Å²) in [6.45, 7) is 1.89. The molecule has 2 rings (SSSR count). The minimum Gasteiger partial charge on any atom is -0.398 e. The van der Waals surface area contributed by atoms with Gasteiger partial charge in [0.2, 0.25) is 10.0 Å². The van der Waals surface area contributed by atoms with E-state index in [1.54, 1.807) is 12.1 Å². The molecular weight excluding hydrogens is 236 g/mol. The highest BCUT2D eigenvalue weighted by molar-refractivity contribution is 7.93. The number of benzene rings is 1. The largest absolute Gasteiger partial charge is 0.398 e. The summed E-state index contributed by atoms with van der Waals surface area (Å²) in [5.41, 5.74) is 7.87. The number of nitrogens with two attached hydrogens (primary N) is 1. The molecule has 1 aliphatic carbocycles. The Hall–Kier alpha value is -1.23. The molecule has 0 heterocycles. The lowest BCUT2D eigenvalue weighted by Crippen LogP contribution is -2.25. The zero-order chi connectivity index (χ0) is 12.5. The fourth-order valence-electron chi connectivity index (χ4n) is 2.15. The lowest BCUT2D eigenvalue weighted by atomic mass is 10.2. The molecule has 0 spiro atoms. The van der Waals surface area contributed by atoms with Crippen molar-refractivity contribution in [1.82, 2.24) is 0 Å². The number of anilines is 2. The van der Waals surface area contributed by atoms with Gasteiger partial charge in [0, 0.05) is 5.69 Å². The van der Waals surface area contributed by atoms with Gasteiger partial charge in [-0.05, 0) is 37.5 Å². The molecule has 1 fully saturated rings. The van der Waals surface area contributed by atoms with Gasteiger partial charge in [-0.1, -0.05) is 18.9 Å². The Kier molecular flexibility index (Phi) is 3.28. The monoisotopic (exact) mass is 254 g/mol. The molecule has 1 aromatic carbocycles. The quantitative estimate of drug-likeness (QED) is 0.813. The van der Waals surface area contributed by atoms with Crippen molar-refractivity contribution in [2.45, 2.75) is 37.9 Å². The van der Waals surface area contributed by atoms with E-state index >= 15 is 0 Å². The van der Waals surface area contributed by atoms with Crippen LogP contribution in [0.4, 0.5) is 11.4 Å². The van der Waals surface area contributed by atoms with Crippen LogP contribution in [0.5, 0.6) is 0 Å². The third-order valence-electron chi connectivity index (χ3n) is 3.28. The average Bonchev–Trinajstić information content (AvgIpc) is 2.77. The van der Waals surface area contributed by atoms with Crippen molar-refractivity contribution in [3.8, 4) is 0 Å². The van der Waals surface area contributed by atoms with Crippen molar-refractivity contribution in [2.75, 3.05) is 10.5 Å². The third-order valence-corrected chi connectivity index (χ3v) is 5.15. The van der Waals surface area contributed by atoms with Gasteiger partial charge in [-0.15, -0.1) is 0 Å². The van der Waals surface area contributed by atoms with Gasteiger partial charge < -0.3 is 5.73 Å². The Morgan fingerprint density at radius 2 is 1.94 bits per heavy atom. The van der Waals surface area contributed by atoms with E-state index in [1.807, 2.05) is 13.0 Å². The standard InChI is InChI=1S/C12H18N2O2S/c1-9-6-7-10(8-12(9)13)14-17(15,16)11-4-2-3-5-11/h6-8,11,14H,2-5,13H2,1H3. The second-order valence-electron chi connectivity index (χ2n) is 4.62. The summed E-state index contributed by atoms with van der Waals surface area (Å²) in [6.07, 6.45) is 3.52. The number of hydrogen-bond acceptors (Lipinski definition) is 3. The van der Waals surface area contributed by atoms with Crippen LogP contribution in [0.1, 0.15) is 31.2 Å². The molecule has 0 unspecified atom stereocenters. The number of hydrogen-bond donors (Lipinski definition) is 2. The van der Waals surface area contributed by atoms with E-state index in [2.05, 4.69) is 4.72 Å². The van der Waals surface area contributed by atoms with Gasteiger partial charge >= 0.3 is 0 Å². The second kappa shape index (κ2) is 4.56. The zero-order valence-electron chi connectivity index (χ0n) is 9.94. The van der Waals surface area contributed by atoms with Crippen LogP contribution in [0.15, 0.2) is 18.2 Å². The fraction of sp³-hybridized carbons (Fsp3) is 0.500. The Labute approximate surface area is 102 Å². The SMILES string of the molecule is Cc1ccc(NS(=O)(=O)C2CCCC2)cc1N. The molecule has 0 atom stereocenters. The summed E-state index contributed by atoms with van der Waals surface area (Å²) >= 11 is 0. The molecule has 1 aromatic rings. The molecule has 94 valence electrons. The van der Waals surface area contributed by atoms with Crippen molar-refractivity contribution in [3.05, 3.63) is 23.8 Å². The van der Waals surface area contributed by atoms with Crippen LogP contribution in [0.25, 0.3) is 0 Å². The van der Waals surface area contributed by atoms with Gasteiger partial charge in [-0.25, -0.2) is 8.42 Å². The minimum atomic E-state index is -3.25. The number of sulfonamides is 1. The maximum absolute atomic E-state index is 12.0. The zero-order valence-corrected chi connectivity index (χ0v) is 10.8. The maximum atomic E-state index is 12.0. The number of nitrogens with one attached hydrogen (secondary N) is 1. The lowest BCUT2D eigenvalue weighted by Gasteiger charge is -2.14. The first-order chi connectivity index (χ1) is 7.99. The third kappa shape index (κ3) is 2.72. The highest BCUT2D eigenvalue weighted by Gasteiger charge is 2.28. The molecule has 0 radical (unpaired) electrons. The molecule has 1 saturated carbocycles. The Morgan fingerprint density at radius 3 is 2.53 bits per heavy atom. The fourth-order valence-corrected chi connectivity index (χ4v) is 3.73. The molecule has 4 nitrogen and oxygen atoms in total. The normalized spacial score (nSPS) is 17.2. The molecule has 17 heavy (non-hydrogen) atoms. The van der Waals surface area contributed by atoms with Gasteiger partial charge in [0.25, 0.3) is 0 Å². The molecule has 0 aliphatic heterocycles. The van der Waals surface area contributed by atoms with Gasteiger partial charge in [-0.3, -0.25) is 4.72 Å². The lowest BCUT2D eigenvalue weighted by molar-refractivity contribution is 0.585. The van der Waals surface area contributed by atoms with Crippen molar-refractivity contribution in [1.29, 1.82) is 0 Å². The first-order valence-corrected chi connectivity index (χ1v) is 7.41. The summed E-state index contributed by atoms with van der Waals surface area (Å²) in [7, 11) is -3.25. The predicted octanol–water partition coefficient (Wildman–Crippen LogP) is 2.26. The molecule has 5 heteroatoms. The minimum absolute atomic E-state index is 0.245. The van der Waals surface area contributed by atoms with E-state index < -0.39 is 10.0 Å². The Morgan fingerprint density at radius 1 is 1.29 bits per heavy atom. The summed E-state index contributed by atoms with van der Waals surface area (Å²) in [5.74, 6) is 0. The topological polar surface area (TPSA) is 72.2 Å². The van der Waals surface area contributed by atoms with Crippen molar-refractivity contribution in [2.24, 2.45) is 0 Å². The molecule has 0 amide bonds. The van der Waals surface area contributed by atoms with Crippen LogP contribution in [0.2, 0.25) is 0 Å². The first kappa shape index (κ1) is 12.2. The van der Waals surface area contributed by atoms with Gasteiger partial charge in [-0.2, -0.15) is 0 Å². The van der Waals surface area contributed by atoms with Gasteiger partial charge in [0.1, 0.15) is 0 Å². The number of nitrogen functional groups attached to an aromatic ring is 1. The molecule has 1 aliphatic rings. The van der Waals surface area contributed by atoms with E-state index in [9.17, 15) is 8.42 Å². The van der Waals surface area contributed by atoms with Gasteiger partial charge in [0.05, 0.1) is 10.9 Å². The van der Waals surface area contributed by atoms with Crippen LogP contribution < -0.4 is 10.5 Å². The van der Waals surface area contributed by atoms with Crippen molar-refractivity contribution in [3.63, 3.8) is 0 Å². The highest BCUT2D eigenvalue weighted by Crippen LogP contribution is 2.27. The molecule has 0 aromatic heterocycles. The van der Waals surface area contributed by atoms with E-state index in [4.69, 9.17) is 5.73 Å². The van der Waals surface area contributed by atoms with Crippen LogP contribution >= 0.6 is 0 Å². The number of rotatable bonds is 3. The summed E-state index contributed by atoms with van der Waals surface area (Å²) in [4.78, 5) is 0. The van der Waals surface area contributed by atoms with Gasteiger partial charge in [0.15, 0.2) is 0 Å². The highest BCUT2D eigenvalue weighted by atomic mass is 32.2. The van der Waals surface area contributed by atoms with Crippen LogP contribution in [0.3, 0.4) is 0 Å². The van der Waals surface area contributed by atoms with Crippen molar-refractivity contribution >= 4 is 21.4 Å². The molecule has 0 bridgehead atoms. The van der Waals surface area contributed by atoms with Crippen molar-refractivity contribution < 1.29 is 8.42 Å². The summed E-state index contributed by atoms with van der Waals surface area (Å²) in [6, 6.07) is 5.24. The van der Waals surface area contributed by atoms with Crippen LogP contribution in [-0.4, -0.2) is 13.7 Å². The first-order valence-electron chi connectivity index (χ1n) is 5.87. The van der Waals surface area contributed by atoms with Crippen LogP contribution in [0, 0.1) is 6.92 Å². The van der Waals surface area contributed by atoms with E-state index in [1.165, 1.54) is 0 Å². The maximum Gasteiger partial charge on any atom is 0.235 e. The molecule has 0 saturated heterocycles. The average molecular weight is 254 g/mol. The van der Waals surface area contributed by atoms with Crippen LogP contribution in [-0.2, 0) is 10.0 Å².